The van der Waals surface area contributed by atoms with Gasteiger partial charge in [-0.2, -0.15) is 0 Å². The molecule has 0 saturated carbocycles. The predicted molar refractivity (Wildman–Crippen MR) is 25.5 cm³/mol. The Morgan fingerprint density at radius 1 is 2.33 bits per heavy atom. The van der Waals surface area contributed by atoms with E-state index in [1.54, 1.807) is 6.92 Å². The van der Waals surface area contributed by atoms with Crippen LogP contribution in [0.25, 0.3) is 0 Å². The first-order valence-corrected chi connectivity index (χ1v) is 1.85. The molecule has 36 valence electrons. The van der Waals surface area contributed by atoms with Crippen molar-refractivity contribution in [3.8, 4) is 0 Å². The molecule has 0 N–H and O–H groups in total. The second-order valence-electron chi connectivity index (χ2n) is 1.33. The molecular formula is C5H10O. The van der Waals surface area contributed by atoms with Crippen LogP contribution in [0.4, 0.5) is 0 Å². The number of aldehydes is 1. The van der Waals surface area contributed by atoms with E-state index in [1.807, 2.05) is 0 Å². The van der Waals surface area contributed by atoms with Crippen LogP contribution >= 0.6 is 0 Å². The molecule has 0 amide bonds. The summed E-state index contributed by atoms with van der Waals surface area (Å²) in [7, 11) is 0. The van der Waals surface area contributed by atoms with Gasteiger partial charge < -0.3 is 4.79 Å². The normalized spacial score (nSPS) is 23.5. The second kappa shape index (κ2) is 2.88. The summed E-state index contributed by atoms with van der Waals surface area (Å²) in [6, 6.07) is 0. The van der Waals surface area contributed by atoms with Gasteiger partial charge in [-0.05, 0) is 5.89 Å². The van der Waals surface area contributed by atoms with Crippen molar-refractivity contribution in [2.75, 3.05) is 0 Å². The highest BCUT2D eigenvalue weighted by molar-refractivity contribution is 5.49. The number of hydrogen-bond acceptors (Lipinski definition) is 1. The molecule has 6 heavy (non-hydrogen) atoms. The van der Waals surface area contributed by atoms with Crippen molar-refractivity contribution in [2.24, 2.45) is 5.89 Å². The second-order valence-corrected chi connectivity index (χ2v) is 1.33. The fraction of sp³-hybridized carbons (Fsp3) is 0.800. The van der Waals surface area contributed by atoms with Gasteiger partial charge in [0.25, 0.3) is 0 Å². The molecular weight excluding hydrogens is 76.1 g/mol. The molecule has 1 atom stereocenters. The minimum atomic E-state index is -0.859. The largest absolute Gasteiger partial charge is 0.303 e. The van der Waals surface area contributed by atoms with E-state index in [0.29, 0.717) is 6.29 Å². The average molecular weight is 88.1 g/mol. The van der Waals surface area contributed by atoms with E-state index in [-0.39, 0.29) is 13.3 Å². The van der Waals surface area contributed by atoms with Crippen LogP contribution in [0.15, 0.2) is 0 Å². The fourth-order valence-corrected chi connectivity index (χ4v) is 0.142. The summed E-state index contributed by atoms with van der Waals surface area (Å²) in [6.07, 6.45) is 0.845. The van der Waals surface area contributed by atoms with E-state index in [0.717, 1.165) is 0 Å². The van der Waals surface area contributed by atoms with Crippen LogP contribution in [0.5, 0.6) is 0 Å². The van der Waals surface area contributed by atoms with Crippen molar-refractivity contribution in [2.45, 2.75) is 20.2 Å². The molecule has 0 aliphatic rings. The highest BCUT2D eigenvalue weighted by Crippen LogP contribution is 1.92. The van der Waals surface area contributed by atoms with Crippen LogP contribution in [0.2, 0.25) is 0 Å². The highest BCUT2D eigenvalue weighted by atomic mass is 16.1. The molecule has 0 bridgehead atoms. The first-order chi connectivity index (χ1) is 3.62. The zero-order valence-electron chi connectivity index (χ0n) is 5.90. The lowest BCUT2D eigenvalue weighted by Gasteiger charge is -1.89. The fourth-order valence-electron chi connectivity index (χ4n) is 0.142. The molecule has 0 radical (unpaired) electrons. The maximum absolute atomic E-state index is 9.78. The maximum Gasteiger partial charge on any atom is 0.120 e. The van der Waals surface area contributed by atoms with Crippen molar-refractivity contribution in [3.63, 3.8) is 0 Å². The Kier molecular flexibility index (Phi) is 1.34. The number of carbonyl (C=O) groups is 1. The van der Waals surface area contributed by atoms with Gasteiger partial charge in [-0.1, -0.05) is 13.8 Å². The van der Waals surface area contributed by atoms with Gasteiger partial charge in [-0.25, -0.2) is 0 Å². The molecule has 1 unspecified atom stereocenters. The summed E-state index contributed by atoms with van der Waals surface area (Å²) in [6.45, 7) is 1.57. The van der Waals surface area contributed by atoms with E-state index in [2.05, 4.69) is 0 Å². The molecule has 1 nitrogen and oxygen atoms in total. The van der Waals surface area contributed by atoms with Gasteiger partial charge >= 0.3 is 0 Å². The third-order valence-electron chi connectivity index (χ3n) is 0.432. The van der Waals surface area contributed by atoms with Crippen molar-refractivity contribution in [1.82, 2.24) is 0 Å². The van der Waals surface area contributed by atoms with E-state index < -0.39 is 5.89 Å². The van der Waals surface area contributed by atoms with Crippen LogP contribution in [0, 0.1) is 5.89 Å². The quantitative estimate of drug-likeness (QED) is 0.464. The average Bonchev–Trinajstić information content (AvgIpc) is 1.67. The van der Waals surface area contributed by atoms with Gasteiger partial charge in [0.2, 0.25) is 0 Å². The van der Waals surface area contributed by atoms with Gasteiger partial charge in [0, 0.05) is 9.16 Å². The first-order valence-electron chi connectivity index (χ1n) is 3.06. The van der Waals surface area contributed by atoms with E-state index in [1.165, 1.54) is 0 Å². The minimum Gasteiger partial charge on any atom is -0.303 e. The monoisotopic (exact) mass is 88.1 g/mol. The summed E-state index contributed by atoms with van der Waals surface area (Å²) < 4.78 is 13.9. The first kappa shape index (κ1) is 2.78. The molecule has 0 spiro atoms. The summed E-state index contributed by atoms with van der Waals surface area (Å²) >= 11 is 0. The molecule has 0 aromatic rings. The molecule has 0 aromatic heterocycles. The number of carbonyl (C=O) groups excluding carboxylic acids is 1. The van der Waals surface area contributed by atoms with Gasteiger partial charge in [-0.3, -0.25) is 0 Å². The Morgan fingerprint density at radius 3 is 3.17 bits per heavy atom. The van der Waals surface area contributed by atoms with E-state index in [9.17, 15) is 4.79 Å². The lowest BCUT2D eigenvalue weighted by molar-refractivity contribution is -0.108. The summed E-state index contributed by atoms with van der Waals surface area (Å²) in [5, 5.41) is 0. The molecule has 0 saturated heterocycles. The molecule has 0 aliphatic carbocycles. The Labute approximate surface area is 41.2 Å². The molecule has 1 heteroatoms. The third kappa shape index (κ3) is 3.67. The van der Waals surface area contributed by atoms with Crippen LogP contribution in [-0.4, -0.2) is 6.29 Å². The summed E-state index contributed by atoms with van der Waals surface area (Å²) in [5.74, 6) is -0.859. The smallest absolute Gasteiger partial charge is 0.120 e. The molecule has 0 rings (SSSR count). The van der Waals surface area contributed by atoms with E-state index >= 15 is 0 Å². The highest BCUT2D eigenvalue weighted by Gasteiger charge is 1.85. The van der Waals surface area contributed by atoms with Crippen LogP contribution in [0.3, 0.4) is 0 Å². The Morgan fingerprint density at radius 2 is 3.00 bits per heavy atom. The standard InChI is InChI=1S/C5H10O/c1-5(2)3-4-6/h4-5H,3H2,1-2H3/i1D,5D. The number of hydrogen-bond donors (Lipinski definition) is 0. The maximum atomic E-state index is 9.78. The van der Waals surface area contributed by atoms with Crippen LogP contribution in [0.1, 0.15) is 23.0 Å². The number of rotatable bonds is 2. The van der Waals surface area contributed by atoms with Gasteiger partial charge in [0.15, 0.2) is 0 Å². The Bertz CT molecular complexity index is 80.5. The van der Waals surface area contributed by atoms with Gasteiger partial charge in [0.1, 0.15) is 6.29 Å². The summed E-state index contributed by atoms with van der Waals surface area (Å²) in [5.41, 5.74) is 0. The zero-order chi connectivity index (χ0) is 6.62. The Balaban J connectivity index is 3.53. The molecule has 0 heterocycles. The zero-order valence-corrected chi connectivity index (χ0v) is 3.90. The van der Waals surface area contributed by atoms with Crippen LogP contribution in [-0.2, 0) is 4.79 Å². The predicted octanol–water partition coefficient (Wildman–Crippen LogP) is 1.23. The lowest BCUT2D eigenvalue weighted by atomic mass is 10.2. The Hall–Kier alpha value is -0.330. The molecule has 0 aromatic carbocycles. The van der Waals surface area contributed by atoms with Crippen molar-refractivity contribution < 1.29 is 7.54 Å². The topological polar surface area (TPSA) is 17.1 Å². The molecule has 0 fully saturated rings. The van der Waals surface area contributed by atoms with E-state index in [4.69, 9.17) is 2.74 Å². The third-order valence-corrected chi connectivity index (χ3v) is 0.432. The van der Waals surface area contributed by atoms with Gasteiger partial charge in [-0.15, -0.1) is 0 Å². The summed E-state index contributed by atoms with van der Waals surface area (Å²) in [4.78, 5) is 9.78. The van der Waals surface area contributed by atoms with Crippen molar-refractivity contribution in [1.29, 1.82) is 0 Å². The molecule has 0 aliphatic heterocycles. The minimum absolute atomic E-state index is 0.00819. The van der Waals surface area contributed by atoms with Crippen LogP contribution < -0.4 is 0 Å². The van der Waals surface area contributed by atoms with Crippen molar-refractivity contribution >= 4 is 6.29 Å². The lowest BCUT2D eigenvalue weighted by Crippen LogP contribution is -1.84. The van der Waals surface area contributed by atoms with Crippen molar-refractivity contribution in [3.05, 3.63) is 0 Å². The SMILES string of the molecule is [2H]CC([2H])(C)CC=O. The van der Waals surface area contributed by atoms with Gasteiger partial charge in [0.05, 0.1) is 0 Å².